The molecule has 0 rings (SSSR count). The third-order valence-electron chi connectivity index (χ3n) is 15.2. The maximum Gasteiger partial charge on any atom is 0.306 e. The van der Waals surface area contributed by atoms with Gasteiger partial charge in [0.15, 0.2) is 6.10 Å². The monoisotopic (exact) mass is 1010 g/mol. The van der Waals surface area contributed by atoms with Crippen molar-refractivity contribution in [1.29, 1.82) is 0 Å². The van der Waals surface area contributed by atoms with E-state index in [1.807, 2.05) is 0 Å². The molecule has 0 saturated carbocycles. The normalized spacial score (nSPS) is 12.2. The van der Waals surface area contributed by atoms with Gasteiger partial charge in [0.25, 0.3) is 0 Å². The van der Waals surface area contributed by atoms with E-state index in [1.54, 1.807) is 0 Å². The molecule has 0 fully saturated rings. The van der Waals surface area contributed by atoms with Crippen LogP contribution in [-0.4, -0.2) is 36.4 Å². The highest BCUT2D eigenvalue weighted by Gasteiger charge is 2.16. The van der Waals surface area contributed by atoms with Crippen molar-refractivity contribution in [2.75, 3.05) is 13.2 Å². The molecule has 0 aromatic rings. The first kappa shape index (κ1) is 70.4. The largest absolute Gasteiger partial charge is 0.462 e. The van der Waals surface area contributed by atoms with Gasteiger partial charge in [-0.25, -0.2) is 0 Å². The molecular formula is C67H128O5. The summed E-state index contributed by atoms with van der Waals surface area (Å²) < 4.78 is 10.8. The smallest absolute Gasteiger partial charge is 0.306 e. The Morgan fingerprint density at radius 2 is 0.556 bits per heavy atom. The number of aliphatic hydroxyl groups is 1. The lowest BCUT2D eigenvalue weighted by Crippen LogP contribution is -2.28. The topological polar surface area (TPSA) is 72.8 Å². The number of unbranched alkanes of at least 4 members (excludes halogenated alkanes) is 50. The molecule has 0 bridgehead atoms. The molecule has 1 unspecified atom stereocenters. The summed E-state index contributed by atoms with van der Waals surface area (Å²) in [4.78, 5) is 24.6. The van der Waals surface area contributed by atoms with E-state index in [0.29, 0.717) is 12.8 Å². The van der Waals surface area contributed by atoms with E-state index >= 15 is 0 Å². The van der Waals surface area contributed by atoms with Crippen LogP contribution in [0.5, 0.6) is 0 Å². The summed E-state index contributed by atoms with van der Waals surface area (Å²) in [5.41, 5.74) is 0. The van der Waals surface area contributed by atoms with Crippen molar-refractivity contribution >= 4 is 11.9 Å². The number of allylic oxidation sites excluding steroid dienone is 4. The molecule has 0 aromatic heterocycles. The molecule has 5 heteroatoms. The average Bonchev–Trinajstić information content (AvgIpc) is 3.38. The summed E-state index contributed by atoms with van der Waals surface area (Å²) in [6.07, 6.45) is 82.0. The van der Waals surface area contributed by atoms with Crippen LogP contribution in [0.3, 0.4) is 0 Å². The fourth-order valence-electron chi connectivity index (χ4n) is 10.3. The standard InChI is InChI=1S/C67H128O5/c1-3-5-7-9-11-13-15-17-19-21-23-25-27-29-31-32-33-34-36-38-40-42-44-46-48-50-52-54-56-58-60-62-67(70)72-65(63-68)64-71-66(69)61-59-57-55-53-51-49-47-45-43-41-39-37-35-30-28-26-24-22-20-18-16-14-12-10-8-6-4-2/h15,17,21,23,65,68H,3-14,16,18-20,22,24-64H2,1-2H3/b17-15-,23-21-. The van der Waals surface area contributed by atoms with Gasteiger partial charge in [-0.2, -0.15) is 0 Å². The quantitative estimate of drug-likeness (QED) is 0.0373. The van der Waals surface area contributed by atoms with E-state index in [-0.39, 0.29) is 25.2 Å². The van der Waals surface area contributed by atoms with Crippen LogP contribution in [0.25, 0.3) is 0 Å². The second-order valence-electron chi connectivity index (χ2n) is 22.6. The molecular weight excluding hydrogens is 885 g/mol. The van der Waals surface area contributed by atoms with Gasteiger partial charge in [0, 0.05) is 12.8 Å². The summed E-state index contributed by atoms with van der Waals surface area (Å²) in [6.45, 7) is 4.20. The Morgan fingerprint density at radius 3 is 0.819 bits per heavy atom. The van der Waals surface area contributed by atoms with Crippen molar-refractivity contribution in [3.05, 3.63) is 24.3 Å². The minimum Gasteiger partial charge on any atom is -0.462 e. The van der Waals surface area contributed by atoms with Gasteiger partial charge in [0.2, 0.25) is 0 Å². The molecule has 0 aliphatic heterocycles. The first-order valence-corrected chi connectivity index (χ1v) is 32.9. The Morgan fingerprint density at radius 1 is 0.319 bits per heavy atom. The van der Waals surface area contributed by atoms with Crippen molar-refractivity contribution in [2.24, 2.45) is 0 Å². The third kappa shape index (κ3) is 60.9. The second-order valence-corrected chi connectivity index (χ2v) is 22.6. The molecule has 72 heavy (non-hydrogen) atoms. The van der Waals surface area contributed by atoms with Gasteiger partial charge in [0.1, 0.15) is 6.61 Å². The Kier molecular flexibility index (Phi) is 62.2. The van der Waals surface area contributed by atoms with Crippen LogP contribution in [-0.2, 0) is 19.1 Å². The Balaban J connectivity index is 3.39. The molecule has 0 aliphatic rings. The van der Waals surface area contributed by atoms with E-state index in [0.717, 1.165) is 38.5 Å². The second kappa shape index (κ2) is 63.7. The molecule has 0 radical (unpaired) electrons. The molecule has 0 aromatic carbocycles. The highest BCUT2D eigenvalue weighted by atomic mass is 16.6. The van der Waals surface area contributed by atoms with Crippen LogP contribution in [0.15, 0.2) is 24.3 Å². The Bertz CT molecular complexity index is 1100. The average molecular weight is 1010 g/mol. The highest BCUT2D eigenvalue weighted by molar-refractivity contribution is 5.70. The first-order chi connectivity index (χ1) is 35.6. The molecule has 0 amide bonds. The molecule has 0 heterocycles. The number of ether oxygens (including phenoxy) is 2. The van der Waals surface area contributed by atoms with E-state index in [4.69, 9.17) is 9.47 Å². The Labute approximate surface area is 451 Å². The van der Waals surface area contributed by atoms with Crippen LogP contribution in [0.2, 0.25) is 0 Å². The lowest BCUT2D eigenvalue weighted by atomic mass is 10.0. The van der Waals surface area contributed by atoms with Gasteiger partial charge in [-0.1, -0.05) is 340 Å². The first-order valence-electron chi connectivity index (χ1n) is 32.9. The van der Waals surface area contributed by atoms with Gasteiger partial charge < -0.3 is 14.6 Å². The molecule has 1 N–H and O–H groups in total. The van der Waals surface area contributed by atoms with E-state index in [2.05, 4.69) is 38.2 Å². The molecule has 0 aliphatic carbocycles. The lowest BCUT2D eigenvalue weighted by molar-refractivity contribution is -0.161. The maximum atomic E-state index is 12.3. The molecule has 0 saturated heterocycles. The van der Waals surface area contributed by atoms with Crippen LogP contribution in [0.4, 0.5) is 0 Å². The summed E-state index contributed by atoms with van der Waals surface area (Å²) in [7, 11) is 0. The van der Waals surface area contributed by atoms with Crippen molar-refractivity contribution in [3.63, 3.8) is 0 Å². The van der Waals surface area contributed by atoms with Gasteiger partial charge in [0.05, 0.1) is 6.61 Å². The third-order valence-corrected chi connectivity index (χ3v) is 15.2. The lowest BCUT2D eigenvalue weighted by Gasteiger charge is -2.15. The maximum absolute atomic E-state index is 12.3. The minimum atomic E-state index is -0.768. The fraction of sp³-hybridized carbons (Fsp3) is 0.910. The van der Waals surface area contributed by atoms with E-state index < -0.39 is 6.10 Å². The number of rotatable bonds is 62. The van der Waals surface area contributed by atoms with Gasteiger partial charge >= 0.3 is 11.9 Å². The zero-order chi connectivity index (χ0) is 52.0. The molecule has 1 atom stereocenters. The molecule has 0 spiro atoms. The highest BCUT2D eigenvalue weighted by Crippen LogP contribution is 2.19. The molecule has 5 nitrogen and oxygen atoms in total. The van der Waals surface area contributed by atoms with Crippen LogP contribution in [0.1, 0.15) is 373 Å². The summed E-state index contributed by atoms with van der Waals surface area (Å²) in [5.74, 6) is -0.564. The SMILES string of the molecule is CCCCCCC/C=C\C/C=C\CCCCCCCCCCCCCCCCCCCCCC(=O)OC(CO)COC(=O)CCCCCCCCCCCCCCCCCCCCCCCCCCCCC. The zero-order valence-corrected chi connectivity index (χ0v) is 49.0. The number of hydrogen-bond acceptors (Lipinski definition) is 5. The van der Waals surface area contributed by atoms with Gasteiger partial charge in [-0.05, 0) is 44.9 Å². The van der Waals surface area contributed by atoms with Crippen molar-refractivity contribution in [3.8, 4) is 0 Å². The number of hydrogen-bond donors (Lipinski definition) is 1. The predicted octanol–water partition coefficient (Wildman–Crippen LogP) is 22.4. The van der Waals surface area contributed by atoms with Crippen LogP contribution < -0.4 is 0 Å². The van der Waals surface area contributed by atoms with E-state index in [9.17, 15) is 14.7 Å². The van der Waals surface area contributed by atoms with Crippen molar-refractivity contribution < 1.29 is 24.2 Å². The van der Waals surface area contributed by atoms with Crippen LogP contribution in [0, 0.1) is 0 Å². The number of carbonyl (C=O) groups excluding carboxylic acids is 2. The fourth-order valence-corrected chi connectivity index (χ4v) is 10.3. The van der Waals surface area contributed by atoms with Gasteiger partial charge in [-0.3, -0.25) is 9.59 Å². The summed E-state index contributed by atoms with van der Waals surface area (Å²) >= 11 is 0. The van der Waals surface area contributed by atoms with E-state index in [1.165, 1.54) is 308 Å². The zero-order valence-electron chi connectivity index (χ0n) is 49.0. The summed E-state index contributed by atoms with van der Waals surface area (Å²) in [5, 5.41) is 9.69. The van der Waals surface area contributed by atoms with Crippen LogP contribution >= 0.6 is 0 Å². The summed E-state index contributed by atoms with van der Waals surface area (Å²) in [6, 6.07) is 0. The minimum absolute atomic E-state index is 0.0579. The predicted molar refractivity (Wildman–Crippen MR) is 316 cm³/mol. The number of aliphatic hydroxyl groups excluding tert-OH is 1. The van der Waals surface area contributed by atoms with Gasteiger partial charge in [-0.15, -0.1) is 0 Å². The number of carbonyl (C=O) groups is 2. The van der Waals surface area contributed by atoms with Crippen molar-refractivity contribution in [1.82, 2.24) is 0 Å². The number of esters is 2. The van der Waals surface area contributed by atoms with Crippen molar-refractivity contribution in [2.45, 2.75) is 380 Å². The molecule has 426 valence electrons. The Hall–Kier alpha value is -1.62.